The van der Waals surface area contributed by atoms with Gasteiger partial charge in [0, 0.05) is 18.2 Å². The van der Waals surface area contributed by atoms with E-state index in [0.717, 1.165) is 47.2 Å². The standard InChI is InChI=1S/C20H24ClNO3/c1-15-13-16(21)8-9-19(15)24-12-10-22-18-6-2-3-7-20(18)25-14-17-5-4-11-23-17/h2-3,6-9,13,17,22H,4-5,10-12,14H2,1H3. The van der Waals surface area contributed by atoms with Crippen molar-refractivity contribution >= 4 is 17.3 Å². The van der Waals surface area contributed by atoms with Gasteiger partial charge in [-0.25, -0.2) is 0 Å². The number of hydrogen-bond acceptors (Lipinski definition) is 4. The molecule has 0 spiro atoms. The summed E-state index contributed by atoms with van der Waals surface area (Å²) in [5, 5.41) is 4.10. The maximum atomic E-state index is 5.96. The first-order valence-corrected chi connectivity index (χ1v) is 9.06. The average molecular weight is 362 g/mol. The topological polar surface area (TPSA) is 39.7 Å². The van der Waals surface area contributed by atoms with Gasteiger partial charge in [0.05, 0.1) is 11.8 Å². The van der Waals surface area contributed by atoms with Crippen molar-refractivity contribution in [2.45, 2.75) is 25.9 Å². The van der Waals surface area contributed by atoms with Gasteiger partial charge in [0.15, 0.2) is 0 Å². The van der Waals surface area contributed by atoms with Crippen LogP contribution < -0.4 is 14.8 Å². The fourth-order valence-electron chi connectivity index (χ4n) is 2.82. The Morgan fingerprint density at radius 2 is 2.04 bits per heavy atom. The minimum absolute atomic E-state index is 0.212. The van der Waals surface area contributed by atoms with Gasteiger partial charge < -0.3 is 19.5 Å². The van der Waals surface area contributed by atoms with E-state index in [9.17, 15) is 0 Å². The number of ether oxygens (including phenoxy) is 3. The molecule has 3 rings (SSSR count). The monoisotopic (exact) mass is 361 g/mol. The molecule has 1 atom stereocenters. The second kappa shape index (κ2) is 8.97. The van der Waals surface area contributed by atoms with Crippen LogP contribution >= 0.6 is 11.6 Å². The Balaban J connectivity index is 1.47. The molecule has 0 aliphatic carbocycles. The zero-order chi connectivity index (χ0) is 17.5. The Morgan fingerprint density at radius 3 is 2.84 bits per heavy atom. The summed E-state index contributed by atoms with van der Waals surface area (Å²) >= 11 is 5.96. The molecule has 25 heavy (non-hydrogen) atoms. The van der Waals surface area contributed by atoms with Crippen LogP contribution in [-0.4, -0.2) is 32.5 Å². The van der Waals surface area contributed by atoms with Gasteiger partial charge in [-0.2, -0.15) is 0 Å². The fourth-order valence-corrected chi connectivity index (χ4v) is 3.05. The van der Waals surface area contributed by atoms with Crippen molar-refractivity contribution in [3.63, 3.8) is 0 Å². The molecule has 0 amide bonds. The molecular formula is C20H24ClNO3. The summed E-state index contributed by atoms with van der Waals surface area (Å²) in [4.78, 5) is 0. The summed E-state index contributed by atoms with van der Waals surface area (Å²) in [7, 11) is 0. The highest BCUT2D eigenvalue weighted by molar-refractivity contribution is 6.30. The first kappa shape index (κ1) is 17.9. The lowest BCUT2D eigenvalue weighted by Crippen LogP contribution is -2.17. The molecule has 0 bridgehead atoms. The Kier molecular flexibility index (Phi) is 6.42. The van der Waals surface area contributed by atoms with E-state index in [4.69, 9.17) is 25.8 Å². The van der Waals surface area contributed by atoms with Crippen LogP contribution in [0.2, 0.25) is 5.02 Å². The first-order valence-electron chi connectivity index (χ1n) is 8.68. The van der Waals surface area contributed by atoms with Gasteiger partial charge >= 0.3 is 0 Å². The first-order chi connectivity index (χ1) is 12.2. The smallest absolute Gasteiger partial charge is 0.142 e. The number of hydrogen-bond donors (Lipinski definition) is 1. The lowest BCUT2D eigenvalue weighted by Gasteiger charge is -2.16. The molecule has 1 unspecified atom stereocenters. The Labute approximate surface area is 154 Å². The molecule has 0 aromatic heterocycles. The highest BCUT2D eigenvalue weighted by atomic mass is 35.5. The van der Waals surface area contributed by atoms with Gasteiger partial charge in [-0.15, -0.1) is 0 Å². The third kappa shape index (κ3) is 5.28. The maximum Gasteiger partial charge on any atom is 0.142 e. The van der Waals surface area contributed by atoms with E-state index in [1.54, 1.807) is 0 Å². The third-order valence-corrected chi connectivity index (χ3v) is 4.38. The van der Waals surface area contributed by atoms with Crippen LogP contribution in [0.5, 0.6) is 11.5 Å². The van der Waals surface area contributed by atoms with Crippen LogP contribution in [0.1, 0.15) is 18.4 Å². The molecule has 0 radical (unpaired) electrons. The largest absolute Gasteiger partial charge is 0.491 e. The van der Waals surface area contributed by atoms with E-state index >= 15 is 0 Å². The highest BCUT2D eigenvalue weighted by Gasteiger charge is 2.16. The number of rotatable bonds is 8. The van der Waals surface area contributed by atoms with Gasteiger partial charge in [-0.3, -0.25) is 0 Å². The van der Waals surface area contributed by atoms with E-state index in [1.165, 1.54) is 0 Å². The molecule has 5 heteroatoms. The van der Waals surface area contributed by atoms with E-state index in [2.05, 4.69) is 5.32 Å². The Morgan fingerprint density at radius 1 is 1.16 bits per heavy atom. The van der Waals surface area contributed by atoms with E-state index in [-0.39, 0.29) is 6.10 Å². The van der Waals surface area contributed by atoms with Crippen LogP contribution in [0.15, 0.2) is 42.5 Å². The summed E-state index contributed by atoms with van der Waals surface area (Å²) in [6.45, 7) is 4.67. The van der Waals surface area contributed by atoms with Crippen molar-refractivity contribution in [1.29, 1.82) is 0 Å². The molecule has 1 aliphatic rings. The molecule has 1 fully saturated rings. The van der Waals surface area contributed by atoms with E-state index in [0.29, 0.717) is 19.8 Å². The normalized spacial score (nSPS) is 16.6. The van der Waals surface area contributed by atoms with Gasteiger partial charge in [0.2, 0.25) is 0 Å². The molecule has 2 aromatic rings. The van der Waals surface area contributed by atoms with Crippen LogP contribution in [-0.2, 0) is 4.74 Å². The lowest BCUT2D eigenvalue weighted by molar-refractivity contribution is 0.0682. The van der Waals surface area contributed by atoms with E-state index < -0.39 is 0 Å². The lowest BCUT2D eigenvalue weighted by atomic mass is 10.2. The van der Waals surface area contributed by atoms with Crippen molar-refractivity contribution in [3.8, 4) is 11.5 Å². The Hall–Kier alpha value is -1.91. The summed E-state index contributed by atoms with van der Waals surface area (Å²) in [5.74, 6) is 1.70. The minimum atomic E-state index is 0.212. The molecule has 134 valence electrons. The van der Waals surface area contributed by atoms with Crippen LogP contribution in [0.3, 0.4) is 0 Å². The fraction of sp³-hybridized carbons (Fsp3) is 0.400. The van der Waals surface area contributed by atoms with E-state index in [1.807, 2.05) is 49.4 Å². The van der Waals surface area contributed by atoms with Crippen molar-refractivity contribution < 1.29 is 14.2 Å². The molecule has 1 N–H and O–H groups in total. The predicted octanol–water partition coefficient (Wildman–Crippen LogP) is 4.70. The maximum absolute atomic E-state index is 5.96. The van der Waals surface area contributed by atoms with Crippen molar-refractivity contribution in [1.82, 2.24) is 0 Å². The van der Waals surface area contributed by atoms with Crippen molar-refractivity contribution in [3.05, 3.63) is 53.1 Å². The zero-order valence-electron chi connectivity index (χ0n) is 14.5. The van der Waals surface area contributed by atoms with Gasteiger partial charge in [-0.05, 0) is 55.7 Å². The number of anilines is 1. The number of halogens is 1. The zero-order valence-corrected chi connectivity index (χ0v) is 15.2. The second-order valence-electron chi connectivity index (χ2n) is 6.13. The number of benzene rings is 2. The van der Waals surface area contributed by atoms with Gasteiger partial charge in [0.1, 0.15) is 24.7 Å². The Bertz CT molecular complexity index is 686. The molecule has 1 saturated heterocycles. The SMILES string of the molecule is Cc1cc(Cl)ccc1OCCNc1ccccc1OCC1CCCO1. The van der Waals surface area contributed by atoms with Gasteiger partial charge in [0.25, 0.3) is 0 Å². The summed E-state index contributed by atoms with van der Waals surface area (Å²) in [6, 6.07) is 13.6. The quantitative estimate of drug-likeness (QED) is 0.692. The molecule has 4 nitrogen and oxygen atoms in total. The number of aryl methyl sites for hydroxylation is 1. The minimum Gasteiger partial charge on any atom is -0.491 e. The molecule has 0 saturated carbocycles. The van der Waals surface area contributed by atoms with Crippen molar-refractivity contribution in [2.75, 3.05) is 31.7 Å². The van der Waals surface area contributed by atoms with Crippen LogP contribution in [0.25, 0.3) is 0 Å². The molecule has 1 heterocycles. The third-order valence-electron chi connectivity index (χ3n) is 4.15. The molecule has 1 aliphatic heterocycles. The van der Waals surface area contributed by atoms with Crippen LogP contribution in [0, 0.1) is 6.92 Å². The van der Waals surface area contributed by atoms with Crippen molar-refractivity contribution in [2.24, 2.45) is 0 Å². The van der Waals surface area contributed by atoms with Gasteiger partial charge in [-0.1, -0.05) is 23.7 Å². The van der Waals surface area contributed by atoms with Crippen LogP contribution in [0.4, 0.5) is 5.69 Å². The average Bonchev–Trinajstić information content (AvgIpc) is 3.13. The summed E-state index contributed by atoms with van der Waals surface area (Å²) in [6.07, 6.45) is 2.41. The number of para-hydroxylation sites is 2. The molecular weight excluding hydrogens is 338 g/mol. The predicted molar refractivity (Wildman–Crippen MR) is 101 cm³/mol. The number of nitrogens with one attached hydrogen (secondary N) is 1. The second-order valence-corrected chi connectivity index (χ2v) is 6.56. The summed E-state index contributed by atoms with van der Waals surface area (Å²) < 4.78 is 17.3. The molecule has 2 aromatic carbocycles. The summed E-state index contributed by atoms with van der Waals surface area (Å²) in [5.41, 5.74) is 2.00. The highest BCUT2D eigenvalue weighted by Crippen LogP contribution is 2.25.